The van der Waals surface area contributed by atoms with E-state index in [-0.39, 0.29) is 28.0 Å². The maximum absolute atomic E-state index is 13.0. The Balaban J connectivity index is 0.000000234. The van der Waals surface area contributed by atoms with Gasteiger partial charge in [-0.2, -0.15) is 0 Å². The van der Waals surface area contributed by atoms with Crippen LogP contribution in [0.25, 0.3) is 34.1 Å². The Morgan fingerprint density at radius 2 is 1.13 bits per heavy atom. The standard InChI is InChI=1S/C22H31N5O5S.C18H23N5O4S/c1-5-8-15(13-28)26-33(30,31)16-10-11-19(32-7-3)17(12-16)20-24-21-18(9-6-2)23-14(4)27(21)22(29)25-20;1-5-7-14-17-21-16(22-18(24)23(17)11(3)20-14)13-10-12(28(25,26)19-4)8-9-15(13)27-6-2/h10-12,15,26,28H,5-9,13H2,1-4H3,(H,24,25,29);8-10,19H,5-7H2,1-4H3,(H,21,22,24). The number of rotatable bonds is 18. The van der Waals surface area contributed by atoms with E-state index in [0.717, 1.165) is 25.0 Å². The molecule has 1 unspecified atom stereocenters. The third-order valence-corrected chi connectivity index (χ3v) is 12.5. The first kappa shape index (κ1) is 46.6. The van der Waals surface area contributed by atoms with Crippen molar-refractivity contribution < 1.29 is 31.4 Å². The Labute approximate surface area is 354 Å². The quantitative estimate of drug-likeness (QED) is 0.0824. The van der Waals surface area contributed by atoms with Gasteiger partial charge in [-0.15, -0.1) is 0 Å². The van der Waals surface area contributed by atoms with Crippen molar-refractivity contribution in [2.24, 2.45) is 0 Å². The Kier molecular flexibility index (Phi) is 15.2. The molecule has 19 nitrogen and oxygen atoms in total. The van der Waals surface area contributed by atoms with Gasteiger partial charge in [0.1, 0.15) is 34.8 Å². The smallest absolute Gasteiger partial charge is 0.334 e. The number of sulfonamides is 2. The lowest BCUT2D eigenvalue weighted by atomic mass is 10.2. The van der Waals surface area contributed by atoms with E-state index in [0.29, 0.717) is 83.7 Å². The molecule has 0 bridgehead atoms. The van der Waals surface area contributed by atoms with Crippen LogP contribution in [0.2, 0.25) is 0 Å². The lowest BCUT2D eigenvalue weighted by Gasteiger charge is -2.17. The first-order chi connectivity index (χ1) is 29.1. The van der Waals surface area contributed by atoms with Gasteiger partial charge in [0.15, 0.2) is 11.3 Å². The highest BCUT2D eigenvalue weighted by Crippen LogP contribution is 2.32. The molecule has 0 spiro atoms. The molecule has 0 fully saturated rings. The van der Waals surface area contributed by atoms with Crippen LogP contribution in [0.4, 0.5) is 0 Å². The first-order valence-electron chi connectivity index (χ1n) is 20.1. The predicted molar refractivity (Wildman–Crippen MR) is 230 cm³/mol. The van der Waals surface area contributed by atoms with Gasteiger partial charge in [-0.3, -0.25) is 9.97 Å². The molecule has 4 heterocycles. The van der Waals surface area contributed by atoms with Gasteiger partial charge in [-0.25, -0.2) is 64.6 Å². The van der Waals surface area contributed by atoms with Crippen molar-refractivity contribution in [1.29, 1.82) is 0 Å². The molecule has 21 heteroatoms. The third-order valence-electron chi connectivity index (χ3n) is 9.53. The second-order valence-corrected chi connectivity index (χ2v) is 17.6. The fraction of sp³-hybridized carbons (Fsp3) is 0.450. The van der Waals surface area contributed by atoms with E-state index < -0.39 is 37.5 Å². The molecule has 0 aliphatic rings. The van der Waals surface area contributed by atoms with Gasteiger partial charge in [0, 0.05) is 6.04 Å². The van der Waals surface area contributed by atoms with E-state index in [9.17, 15) is 31.5 Å². The van der Waals surface area contributed by atoms with Crippen LogP contribution in [0.15, 0.2) is 55.8 Å². The summed E-state index contributed by atoms with van der Waals surface area (Å²) in [6, 6.07) is 8.25. The van der Waals surface area contributed by atoms with Gasteiger partial charge in [0.05, 0.1) is 52.1 Å². The number of ether oxygens (including phenoxy) is 2. The summed E-state index contributed by atoms with van der Waals surface area (Å²) in [4.78, 5) is 49.1. The van der Waals surface area contributed by atoms with Crippen molar-refractivity contribution in [2.45, 2.75) is 103 Å². The van der Waals surface area contributed by atoms with Crippen LogP contribution < -0.4 is 30.3 Å². The molecule has 330 valence electrons. The number of benzene rings is 2. The highest BCUT2D eigenvalue weighted by Gasteiger charge is 2.24. The van der Waals surface area contributed by atoms with Crippen LogP contribution in [0.3, 0.4) is 0 Å². The highest BCUT2D eigenvalue weighted by atomic mass is 32.2. The molecule has 0 aliphatic carbocycles. The van der Waals surface area contributed by atoms with Crippen molar-refractivity contribution in [3.05, 3.63) is 80.4 Å². The van der Waals surface area contributed by atoms with Crippen LogP contribution in [0, 0.1) is 13.8 Å². The molecule has 4 aromatic heterocycles. The summed E-state index contributed by atoms with van der Waals surface area (Å²) < 4.78 is 69.4. The Bertz CT molecular complexity index is 2850. The van der Waals surface area contributed by atoms with E-state index in [1.165, 1.54) is 40.1 Å². The fourth-order valence-electron chi connectivity index (χ4n) is 6.74. The number of nitrogens with zero attached hydrogens (tertiary/aromatic N) is 6. The van der Waals surface area contributed by atoms with E-state index in [1.54, 1.807) is 26.0 Å². The van der Waals surface area contributed by atoms with E-state index >= 15 is 0 Å². The van der Waals surface area contributed by atoms with Gasteiger partial charge in [-0.05, 0) is 90.4 Å². The molecule has 2 aromatic carbocycles. The molecule has 0 saturated carbocycles. The monoisotopic (exact) mass is 882 g/mol. The van der Waals surface area contributed by atoms with Gasteiger partial charge >= 0.3 is 11.4 Å². The van der Waals surface area contributed by atoms with Crippen molar-refractivity contribution in [2.75, 3.05) is 26.9 Å². The third kappa shape index (κ3) is 10.2. The summed E-state index contributed by atoms with van der Waals surface area (Å²) in [7, 11) is -6.26. The lowest BCUT2D eigenvalue weighted by Crippen LogP contribution is -2.37. The number of aryl methyl sites for hydroxylation is 4. The number of hydrogen-bond acceptors (Lipinski definition) is 13. The Morgan fingerprint density at radius 3 is 1.51 bits per heavy atom. The molecule has 6 rings (SSSR count). The molecule has 1 atom stereocenters. The van der Waals surface area contributed by atoms with Crippen LogP contribution in [-0.4, -0.2) is 93.6 Å². The van der Waals surface area contributed by atoms with Crippen LogP contribution in [0.5, 0.6) is 11.5 Å². The SMILES string of the molecule is CCCc1nc(C)n2c(=O)[nH]c(-c3cc(S(=O)(=O)NC(CO)CCC)ccc3OCC)nc12.CCCc1nc(C)n2c(=O)[nH]c(-c3cc(S(=O)(=O)NC)ccc3OCC)nc12. The van der Waals surface area contributed by atoms with Gasteiger partial charge in [-0.1, -0.05) is 40.0 Å². The zero-order valence-electron chi connectivity index (χ0n) is 35.6. The summed E-state index contributed by atoms with van der Waals surface area (Å²) in [6.45, 7) is 13.5. The minimum atomic E-state index is -3.92. The van der Waals surface area contributed by atoms with Crippen LogP contribution >= 0.6 is 0 Å². The maximum atomic E-state index is 13.0. The minimum absolute atomic E-state index is 0.0171. The molecule has 0 amide bonds. The second kappa shape index (κ2) is 19.9. The van der Waals surface area contributed by atoms with E-state index in [1.807, 2.05) is 34.6 Å². The number of imidazole rings is 2. The molecule has 0 radical (unpaired) electrons. The van der Waals surface area contributed by atoms with Gasteiger partial charge in [0.25, 0.3) is 0 Å². The molecular formula is C40H54N10O9S2. The average molecular weight is 883 g/mol. The highest BCUT2D eigenvalue weighted by molar-refractivity contribution is 7.89. The van der Waals surface area contributed by atoms with Crippen molar-refractivity contribution in [3.8, 4) is 34.3 Å². The summed E-state index contributed by atoms with van der Waals surface area (Å²) in [5.41, 5.74) is 2.25. The predicted octanol–water partition coefficient (Wildman–Crippen LogP) is 3.84. The number of fused-ring (bicyclic) bond motifs is 2. The van der Waals surface area contributed by atoms with E-state index in [4.69, 9.17) is 9.47 Å². The summed E-state index contributed by atoms with van der Waals surface area (Å²) in [5.74, 6) is 2.33. The summed E-state index contributed by atoms with van der Waals surface area (Å²) in [5, 5.41) is 9.51. The summed E-state index contributed by atoms with van der Waals surface area (Å²) >= 11 is 0. The number of H-pyrrole nitrogens is 2. The molecular weight excluding hydrogens is 829 g/mol. The van der Waals surface area contributed by atoms with Gasteiger partial charge < -0.3 is 14.6 Å². The maximum Gasteiger partial charge on any atom is 0.334 e. The van der Waals surface area contributed by atoms with Crippen molar-refractivity contribution >= 4 is 31.3 Å². The average Bonchev–Trinajstić information content (AvgIpc) is 3.73. The number of aromatic amines is 2. The zero-order chi connectivity index (χ0) is 44.6. The molecule has 6 aromatic rings. The number of nitrogens with one attached hydrogen (secondary N) is 4. The van der Waals surface area contributed by atoms with Crippen molar-refractivity contribution in [1.82, 2.24) is 48.1 Å². The number of aliphatic hydroxyl groups is 1. The first-order valence-corrected chi connectivity index (χ1v) is 23.1. The van der Waals surface area contributed by atoms with Crippen molar-refractivity contribution in [3.63, 3.8) is 0 Å². The normalized spacial score (nSPS) is 12.4. The van der Waals surface area contributed by atoms with E-state index in [2.05, 4.69) is 39.3 Å². The largest absolute Gasteiger partial charge is 0.493 e. The molecule has 0 saturated heterocycles. The number of hydrogen-bond donors (Lipinski definition) is 5. The number of aliphatic hydroxyl groups excluding tert-OH is 1. The Hall–Kier alpha value is -5.48. The fourth-order valence-corrected chi connectivity index (χ4v) is 8.79. The van der Waals surface area contributed by atoms with Crippen LogP contribution in [0.1, 0.15) is 83.3 Å². The molecule has 0 aliphatic heterocycles. The molecule has 5 N–H and O–H groups in total. The number of aromatic nitrogens is 8. The topological polar surface area (TPSA) is 257 Å². The zero-order valence-corrected chi connectivity index (χ0v) is 37.3. The Morgan fingerprint density at radius 1 is 0.689 bits per heavy atom. The van der Waals surface area contributed by atoms with Crippen LogP contribution in [-0.2, 0) is 32.9 Å². The summed E-state index contributed by atoms with van der Waals surface area (Å²) in [6.07, 6.45) is 4.26. The van der Waals surface area contributed by atoms with Gasteiger partial charge in [0.2, 0.25) is 20.0 Å². The minimum Gasteiger partial charge on any atom is -0.493 e. The second-order valence-electron chi connectivity index (χ2n) is 14.0. The molecule has 61 heavy (non-hydrogen) atoms. The lowest BCUT2D eigenvalue weighted by molar-refractivity contribution is 0.250.